The molecule has 10 nitrogen and oxygen atoms in total. The van der Waals surface area contributed by atoms with Gasteiger partial charge in [0.2, 0.25) is 0 Å². The van der Waals surface area contributed by atoms with E-state index in [4.69, 9.17) is 41.2 Å². The van der Waals surface area contributed by atoms with Crippen LogP contribution in [-0.4, -0.2) is 93.7 Å². The Hall–Kier alpha value is 1.99. The minimum atomic E-state index is -4.11. The molecule has 0 amide bonds. The molecule has 0 aromatic rings. The fraction of sp³-hybridized carbons (Fsp3) is 1.00. The summed E-state index contributed by atoms with van der Waals surface area (Å²) >= 11 is 0. The van der Waals surface area contributed by atoms with E-state index in [0.29, 0.717) is 0 Å². The second kappa shape index (κ2) is 15.3. The van der Waals surface area contributed by atoms with Crippen molar-refractivity contribution in [3.8, 4) is 0 Å². The maximum atomic E-state index is 7.29. The molecule has 272 valence electrons. The average Bonchev–Trinajstić information content (AvgIpc) is 2.45. The van der Waals surface area contributed by atoms with E-state index in [9.17, 15) is 0 Å². The molecule has 0 saturated carbocycles. The first-order valence-corrected chi connectivity index (χ1v) is 48.2. The molecule has 0 aliphatic heterocycles. The summed E-state index contributed by atoms with van der Waals surface area (Å²) in [6.45, 7) is 50.7. The van der Waals surface area contributed by atoms with Gasteiger partial charge in [0.25, 0.3) is 0 Å². The van der Waals surface area contributed by atoms with Crippen LogP contribution in [0.2, 0.25) is 157 Å². The van der Waals surface area contributed by atoms with Crippen molar-refractivity contribution in [2.75, 3.05) is 0 Å². The van der Waals surface area contributed by atoms with Crippen molar-refractivity contribution in [1.29, 1.82) is 0 Å². The summed E-state index contributed by atoms with van der Waals surface area (Å²) in [6.07, 6.45) is 0. The Bertz CT molecular complexity index is 888. The first kappa shape index (κ1) is 47.0. The highest BCUT2D eigenvalue weighted by Gasteiger charge is 2.64. The second-order valence-corrected chi connectivity index (χ2v) is 61.8. The Balaban J connectivity index is 7.55. The minimum absolute atomic E-state index is 1.93. The quantitative estimate of drug-likeness (QED) is 0.111. The molecule has 0 radical (unpaired) electrons. The highest BCUT2D eigenvalue weighted by atomic mass is 28.6. The van der Waals surface area contributed by atoms with Crippen LogP contribution in [0.1, 0.15) is 0 Å². The monoisotopic (exact) mass is 828 g/mol. The van der Waals surface area contributed by atoms with Crippen LogP contribution < -0.4 is 0 Å². The maximum Gasteiger partial charge on any atom is 0.643 e. The number of hydrogen-bond donors (Lipinski definition) is 0. The second-order valence-electron chi connectivity index (χ2n) is 18.5. The van der Waals surface area contributed by atoms with Gasteiger partial charge >= 0.3 is 52.1 Å². The third kappa shape index (κ3) is 23.2. The average molecular weight is 830 g/mol. The van der Waals surface area contributed by atoms with E-state index in [-0.39, 0.29) is 0 Å². The van der Waals surface area contributed by atoms with Gasteiger partial charge in [0.15, 0.2) is 41.6 Å². The van der Waals surface area contributed by atoms with Crippen LogP contribution in [0, 0.1) is 0 Å². The van der Waals surface area contributed by atoms with Crippen molar-refractivity contribution in [1.82, 2.24) is 0 Å². The highest BCUT2D eigenvalue weighted by Crippen LogP contribution is 2.35. The van der Waals surface area contributed by atoms with Gasteiger partial charge in [-0.05, 0) is 151 Å². The Kier molecular flexibility index (Phi) is 16.0. The fourth-order valence-electron chi connectivity index (χ4n) is 5.32. The Morgan fingerprint density at radius 3 is 0.600 bits per heavy atom. The molecule has 0 unspecified atom stereocenters. The van der Waals surface area contributed by atoms with Crippen molar-refractivity contribution in [3.63, 3.8) is 0 Å². The molecule has 0 rings (SSSR count). The molecular formula is C24H72O10Si11. The third-order valence-electron chi connectivity index (χ3n) is 4.55. The van der Waals surface area contributed by atoms with Crippen molar-refractivity contribution < 1.29 is 41.2 Å². The van der Waals surface area contributed by atoms with Gasteiger partial charge in [-0.15, -0.1) is 0 Å². The van der Waals surface area contributed by atoms with Crippen LogP contribution in [0.5, 0.6) is 0 Å². The van der Waals surface area contributed by atoms with E-state index in [1.54, 1.807) is 0 Å². The van der Waals surface area contributed by atoms with Gasteiger partial charge < -0.3 is 41.2 Å². The Morgan fingerprint density at radius 1 is 0.200 bits per heavy atom. The van der Waals surface area contributed by atoms with Crippen LogP contribution in [0.25, 0.3) is 0 Å². The molecule has 0 spiro atoms. The summed E-state index contributed by atoms with van der Waals surface area (Å²) < 4.78 is 69.5. The van der Waals surface area contributed by atoms with Crippen molar-refractivity contribution in [3.05, 3.63) is 0 Å². The predicted molar refractivity (Wildman–Crippen MR) is 215 cm³/mol. The standard InChI is InChI=1S/C24H72O10Si11/c1-35(2,3)25-40(16,17)30-44(24,31-41(18,19)26-36(4,5)6)34-45(29-39(13,14)15,32-42(20,21)27-37(7,8)9)33-43(22,23)28-38(10,11)12/h1-24H3. The summed E-state index contributed by atoms with van der Waals surface area (Å²) in [5.74, 6) is 0. The lowest BCUT2D eigenvalue weighted by molar-refractivity contribution is 0.0873. The molecule has 45 heavy (non-hydrogen) atoms. The smallest absolute Gasteiger partial charge is 0.437 e. The molecule has 0 aliphatic rings. The zero-order valence-electron chi connectivity index (χ0n) is 33.6. The lowest BCUT2D eigenvalue weighted by Gasteiger charge is -2.48. The van der Waals surface area contributed by atoms with Crippen molar-refractivity contribution >= 4 is 93.7 Å². The van der Waals surface area contributed by atoms with Crippen LogP contribution in [0.3, 0.4) is 0 Å². The minimum Gasteiger partial charge on any atom is -0.437 e. The van der Waals surface area contributed by atoms with Gasteiger partial charge in [-0.1, -0.05) is 0 Å². The van der Waals surface area contributed by atoms with E-state index >= 15 is 0 Å². The molecule has 0 bridgehead atoms. The molecule has 0 aromatic heterocycles. The maximum absolute atomic E-state index is 7.29. The molecule has 0 saturated heterocycles. The number of rotatable bonds is 20. The summed E-state index contributed by atoms with van der Waals surface area (Å²) in [4.78, 5) is 0. The normalized spacial score (nSPS) is 16.0. The SMILES string of the molecule is C[Si](C)(C)O[Si](C)(C)O[Si](C)(O[Si](C)(C)O[Si](C)(C)C)O[Si](O[Si](C)(C)C)(O[Si](C)(C)O[Si](C)(C)C)O[Si](C)(C)O[Si](C)(C)C. The first-order valence-electron chi connectivity index (χ1n) is 16.1. The van der Waals surface area contributed by atoms with Gasteiger partial charge in [0, 0.05) is 6.55 Å². The topological polar surface area (TPSA) is 92.3 Å². The Labute approximate surface area is 290 Å². The summed E-state index contributed by atoms with van der Waals surface area (Å²) in [7, 11) is -29.5. The molecule has 0 fully saturated rings. The van der Waals surface area contributed by atoms with Crippen LogP contribution in [0.4, 0.5) is 0 Å². The van der Waals surface area contributed by atoms with Gasteiger partial charge in [-0.2, -0.15) is 0 Å². The summed E-state index contributed by atoms with van der Waals surface area (Å²) in [5, 5.41) is 0. The van der Waals surface area contributed by atoms with Gasteiger partial charge in [0.1, 0.15) is 0 Å². The predicted octanol–water partition coefficient (Wildman–Crippen LogP) is 9.14. The van der Waals surface area contributed by atoms with Crippen LogP contribution >= 0.6 is 0 Å². The molecule has 21 heteroatoms. The Morgan fingerprint density at radius 2 is 0.400 bits per heavy atom. The molecule has 0 heterocycles. The van der Waals surface area contributed by atoms with E-state index in [1.807, 2.05) is 32.7 Å². The van der Waals surface area contributed by atoms with Crippen LogP contribution in [0.15, 0.2) is 0 Å². The van der Waals surface area contributed by atoms with Gasteiger partial charge in [-0.3, -0.25) is 0 Å². The van der Waals surface area contributed by atoms with Gasteiger partial charge in [-0.25, -0.2) is 0 Å². The summed E-state index contributed by atoms with van der Waals surface area (Å²) in [6, 6.07) is 0. The highest BCUT2D eigenvalue weighted by molar-refractivity contribution is 6.95. The van der Waals surface area contributed by atoms with Crippen molar-refractivity contribution in [2.24, 2.45) is 0 Å². The first-order chi connectivity index (χ1) is 19.1. The number of hydrogen-bond acceptors (Lipinski definition) is 10. The van der Waals surface area contributed by atoms with E-state index in [1.165, 1.54) is 0 Å². The zero-order valence-corrected chi connectivity index (χ0v) is 44.6. The van der Waals surface area contributed by atoms with Crippen LogP contribution in [-0.2, 0) is 41.2 Å². The van der Waals surface area contributed by atoms with E-state index in [0.717, 1.165) is 0 Å². The molecule has 0 N–H and O–H groups in total. The molecule has 0 aliphatic carbocycles. The van der Waals surface area contributed by atoms with Crippen molar-refractivity contribution in [2.45, 2.75) is 157 Å². The third-order valence-corrected chi connectivity index (χ3v) is 41.0. The molecular weight excluding hydrogens is 757 g/mol. The van der Waals surface area contributed by atoms with E-state index < -0.39 is 93.7 Å². The largest absolute Gasteiger partial charge is 0.643 e. The van der Waals surface area contributed by atoms with E-state index in [2.05, 4.69) is 124 Å². The molecule has 0 atom stereocenters. The lowest BCUT2D eigenvalue weighted by Crippen LogP contribution is -2.72. The lowest BCUT2D eigenvalue weighted by atomic mass is 11.8. The summed E-state index contributed by atoms with van der Waals surface area (Å²) in [5.41, 5.74) is 0. The van der Waals surface area contributed by atoms with Gasteiger partial charge in [0.05, 0.1) is 0 Å². The fourth-order valence-corrected chi connectivity index (χ4v) is 52.7. The molecule has 0 aromatic carbocycles. The zero-order chi connectivity index (χ0) is 36.6.